The van der Waals surface area contributed by atoms with Gasteiger partial charge in [0.05, 0.1) is 5.56 Å². The summed E-state index contributed by atoms with van der Waals surface area (Å²) in [6.45, 7) is 9.89. The third-order valence-corrected chi connectivity index (χ3v) is 4.17. The third-order valence-electron chi connectivity index (χ3n) is 4.17. The van der Waals surface area contributed by atoms with Crippen molar-refractivity contribution >= 4 is 5.78 Å². The average Bonchev–Trinajstić information content (AvgIpc) is 2.43. The molecule has 0 amide bonds. The molecule has 110 valence electrons. The maximum absolute atomic E-state index is 12.8. The molecule has 21 heavy (non-hydrogen) atoms. The second-order valence-corrected chi connectivity index (χ2v) is 5.69. The smallest absolute Gasteiger partial charge is 0.197 e. The van der Waals surface area contributed by atoms with Crippen LogP contribution in [0.25, 0.3) is 0 Å². The normalized spacial score (nSPS) is 10.7. The predicted molar refractivity (Wildman–Crippen MR) is 86.3 cm³/mol. The number of carbonyl (C=O) groups excluding carboxylic acids is 1. The number of benzene rings is 2. The van der Waals surface area contributed by atoms with E-state index in [1.165, 1.54) is 0 Å². The Kier molecular flexibility index (Phi) is 4.17. The molecule has 0 heterocycles. The van der Waals surface area contributed by atoms with E-state index in [0.717, 1.165) is 27.8 Å². The van der Waals surface area contributed by atoms with Crippen molar-refractivity contribution in [2.75, 3.05) is 0 Å². The molecule has 0 atom stereocenters. The Morgan fingerprint density at radius 3 is 2.24 bits per heavy atom. The van der Waals surface area contributed by atoms with Crippen LogP contribution in [0.15, 0.2) is 24.3 Å². The molecule has 0 aliphatic carbocycles. The number of phenols is 1. The van der Waals surface area contributed by atoms with E-state index < -0.39 is 0 Å². The second kappa shape index (κ2) is 5.72. The van der Waals surface area contributed by atoms with Gasteiger partial charge in [0.2, 0.25) is 0 Å². The van der Waals surface area contributed by atoms with Crippen LogP contribution in [0.3, 0.4) is 0 Å². The van der Waals surface area contributed by atoms with Gasteiger partial charge < -0.3 is 5.11 Å². The largest absolute Gasteiger partial charge is 0.507 e. The Morgan fingerprint density at radius 1 is 1.00 bits per heavy atom. The molecular weight excluding hydrogens is 260 g/mol. The summed E-state index contributed by atoms with van der Waals surface area (Å²) >= 11 is 0. The number of ketones is 1. The molecule has 0 unspecified atom stereocenters. The summed E-state index contributed by atoms with van der Waals surface area (Å²) in [5.41, 5.74) is 6.09. The van der Waals surface area contributed by atoms with Gasteiger partial charge in [-0.1, -0.05) is 30.7 Å². The monoisotopic (exact) mass is 282 g/mol. The molecule has 2 nitrogen and oxygen atoms in total. The highest BCUT2D eigenvalue weighted by Crippen LogP contribution is 2.31. The first-order valence-electron chi connectivity index (χ1n) is 7.30. The van der Waals surface area contributed by atoms with Gasteiger partial charge in [-0.3, -0.25) is 4.79 Å². The zero-order chi connectivity index (χ0) is 15.7. The van der Waals surface area contributed by atoms with Crippen LogP contribution in [0.2, 0.25) is 0 Å². The van der Waals surface area contributed by atoms with Gasteiger partial charge in [-0.05, 0) is 62.4 Å². The highest BCUT2D eigenvalue weighted by molar-refractivity contribution is 6.12. The molecule has 0 fully saturated rings. The molecule has 2 heteroatoms. The fourth-order valence-electron chi connectivity index (χ4n) is 2.79. The Morgan fingerprint density at radius 2 is 1.67 bits per heavy atom. The first-order valence-corrected chi connectivity index (χ1v) is 7.30. The van der Waals surface area contributed by atoms with Crippen molar-refractivity contribution < 1.29 is 9.90 Å². The SMILES string of the molecule is CCc1c(C)c(C)cc(C(=O)c2ccc(C)cc2C)c1O. The summed E-state index contributed by atoms with van der Waals surface area (Å²) in [5.74, 6) is 0.0216. The van der Waals surface area contributed by atoms with Crippen LogP contribution < -0.4 is 0 Å². The minimum Gasteiger partial charge on any atom is -0.507 e. The van der Waals surface area contributed by atoms with E-state index in [-0.39, 0.29) is 11.5 Å². The van der Waals surface area contributed by atoms with Gasteiger partial charge in [-0.2, -0.15) is 0 Å². The minimum atomic E-state index is -0.109. The lowest BCUT2D eigenvalue weighted by Gasteiger charge is -2.14. The van der Waals surface area contributed by atoms with Crippen LogP contribution in [0.4, 0.5) is 0 Å². The first-order chi connectivity index (χ1) is 9.86. The van der Waals surface area contributed by atoms with Gasteiger partial charge in [0.15, 0.2) is 5.78 Å². The van der Waals surface area contributed by atoms with Crippen LogP contribution in [-0.4, -0.2) is 10.9 Å². The predicted octanol–water partition coefficient (Wildman–Crippen LogP) is 4.42. The summed E-state index contributed by atoms with van der Waals surface area (Å²) in [5, 5.41) is 10.5. The third kappa shape index (κ3) is 2.71. The molecule has 0 bridgehead atoms. The average molecular weight is 282 g/mol. The molecule has 0 aliphatic heterocycles. The lowest BCUT2D eigenvalue weighted by Crippen LogP contribution is -2.07. The van der Waals surface area contributed by atoms with Crippen molar-refractivity contribution in [3.05, 3.63) is 63.2 Å². The molecule has 2 aromatic carbocycles. The van der Waals surface area contributed by atoms with Crippen LogP contribution in [0, 0.1) is 27.7 Å². The fraction of sp³-hybridized carbons (Fsp3) is 0.316. The summed E-state index contributed by atoms with van der Waals surface area (Å²) in [6.07, 6.45) is 0.715. The Balaban J connectivity index is 2.61. The van der Waals surface area contributed by atoms with Crippen LogP contribution in [-0.2, 0) is 6.42 Å². The van der Waals surface area contributed by atoms with Gasteiger partial charge in [0, 0.05) is 5.56 Å². The van der Waals surface area contributed by atoms with E-state index >= 15 is 0 Å². The number of aromatic hydroxyl groups is 1. The molecule has 2 rings (SSSR count). The number of aryl methyl sites for hydroxylation is 3. The maximum Gasteiger partial charge on any atom is 0.197 e. The topological polar surface area (TPSA) is 37.3 Å². The lowest BCUT2D eigenvalue weighted by atomic mass is 9.91. The van der Waals surface area contributed by atoms with Gasteiger partial charge in [0.1, 0.15) is 5.75 Å². The molecule has 0 radical (unpaired) electrons. The zero-order valence-corrected chi connectivity index (χ0v) is 13.4. The van der Waals surface area contributed by atoms with Gasteiger partial charge in [-0.15, -0.1) is 0 Å². The van der Waals surface area contributed by atoms with Gasteiger partial charge in [0.25, 0.3) is 0 Å². The van der Waals surface area contributed by atoms with Crippen molar-refractivity contribution in [3.8, 4) is 5.75 Å². The second-order valence-electron chi connectivity index (χ2n) is 5.69. The first kappa shape index (κ1) is 15.3. The number of rotatable bonds is 3. The molecule has 2 aromatic rings. The highest BCUT2D eigenvalue weighted by Gasteiger charge is 2.20. The molecule has 0 aromatic heterocycles. The van der Waals surface area contributed by atoms with E-state index in [0.29, 0.717) is 17.5 Å². The molecule has 0 spiro atoms. The van der Waals surface area contributed by atoms with Crippen molar-refractivity contribution in [1.29, 1.82) is 0 Å². The Labute approximate surface area is 126 Å². The van der Waals surface area contributed by atoms with Crippen molar-refractivity contribution in [1.82, 2.24) is 0 Å². The number of phenolic OH excluding ortho intramolecular Hbond substituents is 1. The Hall–Kier alpha value is -2.09. The molecule has 0 saturated heterocycles. The van der Waals surface area contributed by atoms with Crippen molar-refractivity contribution in [2.45, 2.75) is 41.0 Å². The van der Waals surface area contributed by atoms with Crippen molar-refractivity contribution in [2.24, 2.45) is 0 Å². The highest BCUT2D eigenvalue weighted by atomic mass is 16.3. The zero-order valence-electron chi connectivity index (χ0n) is 13.4. The number of hydrogen-bond donors (Lipinski definition) is 1. The summed E-state index contributed by atoms with van der Waals surface area (Å²) in [6, 6.07) is 7.56. The lowest BCUT2D eigenvalue weighted by molar-refractivity contribution is 0.103. The summed E-state index contributed by atoms with van der Waals surface area (Å²) < 4.78 is 0. The van der Waals surface area contributed by atoms with Crippen LogP contribution >= 0.6 is 0 Å². The minimum absolute atomic E-state index is 0.109. The number of hydrogen-bond acceptors (Lipinski definition) is 2. The summed E-state index contributed by atoms with van der Waals surface area (Å²) in [4.78, 5) is 12.8. The van der Waals surface area contributed by atoms with Crippen LogP contribution in [0.1, 0.15) is 50.7 Å². The van der Waals surface area contributed by atoms with Gasteiger partial charge in [-0.25, -0.2) is 0 Å². The van der Waals surface area contributed by atoms with E-state index in [4.69, 9.17) is 0 Å². The maximum atomic E-state index is 12.8. The van der Waals surface area contributed by atoms with E-state index in [1.807, 2.05) is 52.8 Å². The summed E-state index contributed by atoms with van der Waals surface area (Å²) in [7, 11) is 0. The van der Waals surface area contributed by atoms with Crippen molar-refractivity contribution in [3.63, 3.8) is 0 Å². The van der Waals surface area contributed by atoms with Gasteiger partial charge >= 0.3 is 0 Å². The molecular formula is C19H22O2. The quantitative estimate of drug-likeness (QED) is 0.846. The van der Waals surface area contributed by atoms with E-state index in [2.05, 4.69) is 0 Å². The van der Waals surface area contributed by atoms with Crippen LogP contribution in [0.5, 0.6) is 5.75 Å². The molecule has 0 aliphatic rings. The standard InChI is InChI=1S/C19H22O2/c1-6-15-14(5)12(3)10-17(18(15)20)19(21)16-8-7-11(2)9-13(16)4/h7-10,20H,6H2,1-5H3. The molecule has 0 saturated carbocycles. The number of carbonyl (C=O) groups is 1. The Bertz CT molecular complexity index is 712. The molecule has 1 N–H and O–H groups in total. The van der Waals surface area contributed by atoms with E-state index in [1.54, 1.807) is 6.07 Å². The van der Waals surface area contributed by atoms with E-state index in [9.17, 15) is 9.90 Å². The fourth-order valence-corrected chi connectivity index (χ4v) is 2.79.